The fourth-order valence-corrected chi connectivity index (χ4v) is 3.17. The number of morpholine rings is 1. The minimum absolute atomic E-state index is 0.105. The number of Topliss-reactive ketones (excluding diaryl/α,β-unsaturated/α-hetero) is 1. The van der Waals surface area contributed by atoms with Crippen molar-refractivity contribution in [2.75, 3.05) is 71.2 Å². The highest BCUT2D eigenvalue weighted by Crippen LogP contribution is 2.21. The largest absolute Gasteiger partial charge is 0.379 e. The van der Waals surface area contributed by atoms with Crippen LogP contribution in [-0.2, 0) is 19.0 Å². The first-order valence-electron chi connectivity index (χ1n) is 10.9. The Morgan fingerprint density at radius 3 is 2.68 bits per heavy atom. The van der Waals surface area contributed by atoms with Crippen molar-refractivity contribution in [1.29, 1.82) is 0 Å². The molecule has 0 radical (unpaired) electrons. The fraction of sp³-hybridized carbons (Fsp3) is 0.682. The van der Waals surface area contributed by atoms with Crippen molar-refractivity contribution < 1.29 is 23.8 Å². The van der Waals surface area contributed by atoms with Gasteiger partial charge in [-0.1, -0.05) is 12.1 Å². The Balaban J connectivity index is 1.89. The van der Waals surface area contributed by atoms with Gasteiger partial charge in [0, 0.05) is 44.7 Å². The maximum Gasteiger partial charge on any atom is 0.164 e. The normalized spacial score (nSPS) is 16.3. The summed E-state index contributed by atoms with van der Waals surface area (Å²) in [5.74, 6) is 0.105. The second kappa shape index (κ2) is 13.7. The number of hydrogen-bond donors (Lipinski definition) is 3. The third-order valence-corrected chi connectivity index (χ3v) is 5.12. The SMILES string of the molecule is CC(C)(ONc1cccc(C(=O)CCN2CCOCC2)c1)C(COCCN)OCCN. The molecule has 0 spiro atoms. The standard InChI is InChI=1S/C22H38N4O5/c1-22(2,21(30-13-8-24)17-29-12-7-23)31-25-19-5-3-4-18(16-19)20(27)6-9-26-10-14-28-15-11-26/h3-5,16,21,25H,6-15,17,23-24H2,1-2H3. The van der Waals surface area contributed by atoms with E-state index in [1.165, 1.54) is 0 Å². The number of rotatable bonds is 15. The van der Waals surface area contributed by atoms with Gasteiger partial charge < -0.3 is 25.7 Å². The third-order valence-electron chi connectivity index (χ3n) is 5.12. The zero-order valence-corrected chi connectivity index (χ0v) is 18.8. The Bertz CT molecular complexity index is 653. The average molecular weight is 439 g/mol. The molecule has 0 aromatic heterocycles. The fourth-order valence-electron chi connectivity index (χ4n) is 3.17. The maximum absolute atomic E-state index is 12.6. The highest BCUT2D eigenvalue weighted by molar-refractivity contribution is 5.97. The summed E-state index contributed by atoms with van der Waals surface area (Å²) >= 11 is 0. The smallest absolute Gasteiger partial charge is 0.164 e. The lowest BCUT2D eigenvalue weighted by Gasteiger charge is -2.33. The van der Waals surface area contributed by atoms with E-state index in [-0.39, 0.29) is 11.9 Å². The van der Waals surface area contributed by atoms with Gasteiger partial charge >= 0.3 is 0 Å². The van der Waals surface area contributed by atoms with Crippen molar-refractivity contribution >= 4 is 11.5 Å². The van der Waals surface area contributed by atoms with E-state index in [1.807, 2.05) is 32.0 Å². The van der Waals surface area contributed by atoms with Gasteiger partial charge in [-0.2, -0.15) is 0 Å². The molecular formula is C22H38N4O5. The van der Waals surface area contributed by atoms with Gasteiger partial charge in [0.05, 0.1) is 38.7 Å². The molecule has 0 bridgehead atoms. The molecule has 1 aromatic carbocycles. The molecule has 1 aliphatic heterocycles. The molecule has 5 N–H and O–H groups in total. The van der Waals surface area contributed by atoms with E-state index < -0.39 is 5.60 Å². The molecule has 1 saturated heterocycles. The summed E-state index contributed by atoms with van der Waals surface area (Å²) in [6, 6.07) is 7.33. The second-order valence-corrected chi connectivity index (χ2v) is 8.03. The van der Waals surface area contributed by atoms with Crippen LogP contribution in [0.3, 0.4) is 0 Å². The van der Waals surface area contributed by atoms with Crippen LogP contribution in [-0.4, -0.2) is 88.1 Å². The topological polar surface area (TPSA) is 121 Å². The van der Waals surface area contributed by atoms with Gasteiger partial charge in [0.15, 0.2) is 5.78 Å². The van der Waals surface area contributed by atoms with E-state index in [0.717, 1.165) is 32.8 Å². The molecule has 1 unspecified atom stereocenters. The molecular weight excluding hydrogens is 400 g/mol. The Kier molecular flexibility index (Phi) is 11.4. The molecule has 0 saturated carbocycles. The zero-order chi connectivity index (χ0) is 22.5. The summed E-state index contributed by atoms with van der Waals surface area (Å²) in [6.45, 7) is 9.80. The van der Waals surface area contributed by atoms with Gasteiger partial charge in [-0.25, -0.2) is 0 Å². The van der Waals surface area contributed by atoms with Gasteiger partial charge in [0.1, 0.15) is 11.7 Å². The lowest BCUT2D eigenvalue weighted by molar-refractivity contribution is -0.134. The molecule has 1 atom stereocenters. The first-order valence-corrected chi connectivity index (χ1v) is 10.9. The van der Waals surface area contributed by atoms with Crippen LogP contribution in [0.1, 0.15) is 30.6 Å². The number of ether oxygens (including phenoxy) is 3. The van der Waals surface area contributed by atoms with Crippen molar-refractivity contribution in [3.05, 3.63) is 29.8 Å². The quantitative estimate of drug-likeness (QED) is 0.209. The second-order valence-electron chi connectivity index (χ2n) is 8.03. The highest BCUT2D eigenvalue weighted by atomic mass is 16.7. The summed E-state index contributed by atoms with van der Waals surface area (Å²) in [5, 5.41) is 0. The van der Waals surface area contributed by atoms with Crippen molar-refractivity contribution in [2.24, 2.45) is 11.5 Å². The molecule has 1 fully saturated rings. The Hall–Kier alpha value is -1.59. The van der Waals surface area contributed by atoms with Crippen molar-refractivity contribution in [1.82, 2.24) is 4.90 Å². The van der Waals surface area contributed by atoms with Crippen LogP contribution in [0.4, 0.5) is 5.69 Å². The highest BCUT2D eigenvalue weighted by Gasteiger charge is 2.32. The van der Waals surface area contributed by atoms with E-state index in [2.05, 4.69) is 10.4 Å². The van der Waals surface area contributed by atoms with Crippen LogP contribution in [0.5, 0.6) is 0 Å². The number of ketones is 1. The van der Waals surface area contributed by atoms with E-state index in [1.54, 1.807) is 6.07 Å². The summed E-state index contributed by atoms with van der Waals surface area (Å²) in [5.41, 5.74) is 14.7. The van der Waals surface area contributed by atoms with Crippen molar-refractivity contribution in [3.8, 4) is 0 Å². The van der Waals surface area contributed by atoms with Gasteiger partial charge in [-0.15, -0.1) is 0 Å². The molecule has 1 heterocycles. The van der Waals surface area contributed by atoms with E-state index in [4.69, 9.17) is 30.5 Å². The Morgan fingerprint density at radius 1 is 1.23 bits per heavy atom. The average Bonchev–Trinajstić information content (AvgIpc) is 2.79. The van der Waals surface area contributed by atoms with Crippen LogP contribution < -0.4 is 16.9 Å². The predicted octanol–water partition coefficient (Wildman–Crippen LogP) is 1.03. The number of benzene rings is 1. The number of carbonyl (C=O) groups excluding carboxylic acids is 1. The zero-order valence-electron chi connectivity index (χ0n) is 18.8. The minimum atomic E-state index is -0.708. The summed E-state index contributed by atoms with van der Waals surface area (Å²) < 4.78 is 16.7. The summed E-state index contributed by atoms with van der Waals surface area (Å²) in [6.07, 6.45) is 0.136. The molecule has 9 nitrogen and oxygen atoms in total. The van der Waals surface area contributed by atoms with Gasteiger partial charge in [-0.3, -0.25) is 20.0 Å². The summed E-state index contributed by atoms with van der Waals surface area (Å²) in [7, 11) is 0. The molecule has 1 aliphatic rings. The number of nitrogens with two attached hydrogens (primary N) is 2. The van der Waals surface area contributed by atoms with Crippen molar-refractivity contribution in [3.63, 3.8) is 0 Å². The first-order chi connectivity index (χ1) is 15.0. The number of carbonyl (C=O) groups is 1. The molecule has 1 aromatic rings. The molecule has 0 amide bonds. The summed E-state index contributed by atoms with van der Waals surface area (Å²) in [4.78, 5) is 20.8. The molecule has 9 heteroatoms. The van der Waals surface area contributed by atoms with Crippen LogP contribution in [0, 0.1) is 0 Å². The molecule has 2 rings (SSSR count). The van der Waals surface area contributed by atoms with Gasteiger partial charge in [-0.05, 0) is 26.0 Å². The van der Waals surface area contributed by atoms with Gasteiger partial charge in [0.25, 0.3) is 0 Å². The van der Waals surface area contributed by atoms with Crippen LogP contribution in [0.2, 0.25) is 0 Å². The van der Waals surface area contributed by atoms with Crippen molar-refractivity contribution in [2.45, 2.75) is 32.0 Å². The van der Waals surface area contributed by atoms with E-state index >= 15 is 0 Å². The lowest BCUT2D eigenvalue weighted by atomic mass is 10.0. The van der Waals surface area contributed by atoms with Crippen LogP contribution >= 0.6 is 0 Å². The Labute approximate surface area is 185 Å². The number of hydrogen-bond acceptors (Lipinski definition) is 9. The molecule has 176 valence electrons. The van der Waals surface area contributed by atoms with Crippen LogP contribution in [0.15, 0.2) is 24.3 Å². The van der Waals surface area contributed by atoms with E-state index in [0.29, 0.717) is 50.6 Å². The minimum Gasteiger partial charge on any atom is -0.379 e. The number of nitrogens with zero attached hydrogens (tertiary/aromatic N) is 1. The lowest BCUT2D eigenvalue weighted by Crippen LogP contribution is -2.46. The predicted molar refractivity (Wildman–Crippen MR) is 120 cm³/mol. The first kappa shape index (κ1) is 25.7. The van der Waals surface area contributed by atoms with E-state index in [9.17, 15) is 4.79 Å². The molecule has 0 aliphatic carbocycles. The maximum atomic E-state index is 12.6. The number of nitrogens with one attached hydrogen (secondary N) is 1. The number of anilines is 1. The Morgan fingerprint density at radius 2 is 1.97 bits per heavy atom. The third kappa shape index (κ3) is 9.20. The van der Waals surface area contributed by atoms with Gasteiger partial charge in [0.2, 0.25) is 0 Å². The monoisotopic (exact) mass is 438 g/mol. The van der Waals surface area contributed by atoms with Crippen LogP contribution in [0.25, 0.3) is 0 Å². The molecule has 31 heavy (non-hydrogen) atoms.